The van der Waals surface area contributed by atoms with Crippen LogP contribution >= 0.6 is 11.3 Å². The summed E-state index contributed by atoms with van der Waals surface area (Å²) in [6.45, 7) is 6.10. The highest BCUT2D eigenvalue weighted by Crippen LogP contribution is 2.28. The third kappa shape index (κ3) is 2.49. The van der Waals surface area contributed by atoms with Gasteiger partial charge in [0.2, 0.25) is 0 Å². The number of benzene rings is 1. The van der Waals surface area contributed by atoms with Crippen molar-refractivity contribution in [3.63, 3.8) is 0 Å². The molecule has 1 aliphatic heterocycles. The van der Waals surface area contributed by atoms with E-state index in [1.807, 2.05) is 17.9 Å². The van der Waals surface area contributed by atoms with E-state index in [2.05, 4.69) is 51.4 Å². The molecule has 0 bridgehead atoms. The van der Waals surface area contributed by atoms with Crippen molar-refractivity contribution in [2.45, 2.75) is 0 Å². The van der Waals surface area contributed by atoms with Crippen LogP contribution in [0.1, 0.15) is 0 Å². The largest absolute Gasteiger partial charge is 0.344 e. The Hall–Kier alpha value is -2.24. The van der Waals surface area contributed by atoms with Gasteiger partial charge in [-0.2, -0.15) is 0 Å². The Morgan fingerprint density at radius 2 is 2.14 bits per heavy atom. The Bertz CT molecular complexity index is 822. The zero-order valence-corrected chi connectivity index (χ0v) is 12.9. The third-order valence-corrected chi connectivity index (χ3v) is 4.82. The second kappa shape index (κ2) is 5.51. The molecule has 4 rings (SSSR count). The molecular weight excluding hydrogens is 292 g/mol. The van der Waals surface area contributed by atoms with Gasteiger partial charge in [0.25, 0.3) is 0 Å². The van der Waals surface area contributed by atoms with Crippen molar-refractivity contribution < 1.29 is 0 Å². The fourth-order valence-corrected chi connectivity index (χ4v) is 3.14. The van der Waals surface area contributed by atoms with Gasteiger partial charge in [-0.1, -0.05) is 18.7 Å². The number of anilines is 1. The number of nitrogens with zero attached hydrogens (tertiary/aromatic N) is 2. The molecule has 0 spiro atoms. The van der Waals surface area contributed by atoms with E-state index in [1.54, 1.807) is 11.3 Å². The molecule has 22 heavy (non-hydrogen) atoms. The molecule has 2 N–H and O–H groups in total. The van der Waals surface area contributed by atoms with E-state index >= 15 is 0 Å². The molecule has 0 amide bonds. The van der Waals surface area contributed by atoms with Crippen LogP contribution in [0.3, 0.4) is 0 Å². The van der Waals surface area contributed by atoms with Gasteiger partial charge in [0.05, 0.1) is 10.4 Å². The highest BCUT2D eigenvalue weighted by molar-refractivity contribution is 7.13. The van der Waals surface area contributed by atoms with Crippen LogP contribution in [0.2, 0.25) is 0 Å². The van der Waals surface area contributed by atoms with E-state index in [4.69, 9.17) is 0 Å². The van der Waals surface area contributed by atoms with Crippen molar-refractivity contribution in [3.05, 3.63) is 54.4 Å². The monoisotopic (exact) mass is 308 g/mol. The number of fused-ring (bicyclic) bond motifs is 1. The summed E-state index contributed by atoms with van der Waals surface area (Å²) in [6, 6.07) is 8.48. The zero-order valence-electron chi connectivity index (χ0n) is 12.0. The molecule has 0 atom stereocenters. The van der Waals surface area contributed by atoms with Crippen LogP contribution in [0, 0.1) is 5.92 Å². The van der Waals surface area contributed by atoms with Gasteiger partial charge < -0.3 is 10.6 Å². The second-order valence-corrected chi connectivity index (χ2v) is 6.39. The first-order valence-electron chi connectivity index (χ1n) is 7.25. The van der Waals surface area contributed by atoms with E-state index in [1.165, 1.54) is 15.8 Å². The molecule has 1 fully saturated rings. The summed E-state index contributed by atoms with van der Waals surface area (Å²) in [5.74, 6) is 1.35. The van der Waals surface area contributed by atoms with E-state index in [-0.39, 0.29) is 0 Å². The topological polar surface area (TPSA) is 49.8 Å². The van der Waals surface area contributed by atoms with Crippen LogP contribution in [0.25, 0.3) is 21.2 Å². The maximum Gasteiger partial charge on any atom is 0.130 e. The Morgan fingerprint density at radius 3 is 2.86 bits per heavy atom. The van der Waals surface area contributed by atoms with Gasteiger partial charge in [0, 0.05) is 42.5 Å². The lowest BCUT2D eigenvalue weighted by Gasteiger charge is -2.29. The molecule has 110 valence electrons. The lowest BCUT2D eigenvalue weighted by molar-refractivity contribution is 0.402. The van der Waals surface area contributed by atoms with Gasteiger partial charge >= 0.3 is 0 Å². The van der Waals surface area contributed by atoms with Crippen LogP contribution in [-0.2, 0) is 0 Å². The molecule has 0 aliphatic carbocycles. The number of rotatable bonds is 4. The van der Waals surface area contributed by atoms with Crippen molar-refractivity contribution in [2.24, 2.45) is 5.92 Å². The Balaban J connectivity index is 1.65. The second-order valence-electron chi connectivity index (χ2n) is 5.50. The normalized spacial score (nSPS) is 14.7. The van der Waals surface area contributed by atoms with Gasteiger partial charge in [0.15, 0.2) is 0 Å². The number of hydrogen-bond donors (Lipinski definition) is 2. The minimum absolute atomic E-state index is 0.501. The van der Waals surface area contributed by atoms with Gasteiger partial charge in [-0.25, -0.2) is 4.98 Å². The predicted molar refractivity (Wildman–Crippen MR) is 92.0 cm³/mol. The minimum atomic E-state index is 0.501. The lowest BCUT2D eigenvalue weighted by atomic mass is 10.0. The Kier molecular flexibility index (Phi) is 3.36. The average molecular weight is 308 g/mol. The fourth-order valence-electron chi connectivity index (χ4n) is 2.52. The summed E-state index contributed by atoms with van der Waals surface area (Å²) in [7, 11) is 0. The van der Waals surface area contributed by atoms with Crippen molar-refractivity contribution in [1.29, 1.82) is 0 Å². The summed E-state index contributed by atoms with van der Waals surface area (Å²) >= 11 is 1.65. The third-order valence-electron chi connectivity index (χ3n) is 4.00. The molecule has 1 aliphatic rings. The molecular formula is C17H16N4S. The van der Waals surface area contributed by atoms with Gasteiger partial charge in [-0.05, 0) is 23.1 Å². The molecule has 4 nitrogen and oxygen atoms in total. The summed E-state index contributed by atoms with van der Waals surface area (Å²) < 4.78 is 0. The number of aromatic nitrogens is 2. The number of nitrogens with one attached hydrogen (secondary N) is 2. The van der Waals surface area contributed by atoms with Crippen LogP contribution in [0.4, 0.5) is 5.82 Å². The van der Waals surface area contributed by atoms with E-state index in [9.17, 15) is 0 Å². The van der Waals surface area contributed by atoms with Crippen molar-refractivity contribution in [3.8, 4) is 10.4 Å². The highest BCUT2D eigenvalue weighted by atomic mass is 32.1. The average Bonchev–Trinajstić information content (AvgIpc) is 2.98. The zero-order chi connectivity index (χ0) is 14.9. The lowest BCUT2D eigenvalue weighted by Crippen LogP contribution is -2.44. The first kappa shape index (κ1) is 13.4. The van der Waals surface area contributed by atoms with Gasteiger partial charge in [0.1, 0.15) is 5.82 Å². The molecule has 3 aromatic rings. The fraction of sp³-hybridized carbons (Fsp3) is 0.176. The molecule has 0 radical (unpaired) electrons. The van der Waals surface area contributed by atoms with Gasteiger partial charge in [-0.15, -0.1) is 11.3 Å². The van der Waals surface area contributed by atoms with Crippen molar-refractivity contribution in [1.82, 2.24) is 15.3 Å². The van der Waals surface area contributed by atoms with E-state index in [0.29, 0.717) is 5.92 Å². The minimum Gasteiger partial charge on any atom is -0.344 e. The van der Waals surface area contributed by atoms with Crippen LogP contribution in [0.15, 0.2) is 54.4 Å². The quantitative estimate of drug-likeness (QED) is 0.774. The standard InChI is InChI=1S/C17H16N4S/c1-11(15-6-18-7-15)21-17-5-14-4-12(16-9-19-10-22-16)2-3-13(14)8-20-17/h2-5,8-10,15,18H,1,6-7H2,(H,20,21). The number of pyridine rings is 1. The summed E-state index contributed by atoms with van der Waals surface area (Å²) in [6.07, 6.45) is 3.80. The van der Waals surface area contributed by atoms with Crippen LogP contribution < -0.4 is 10.6 Å². The summed E-state index contributed by atoms with van der Waals surface area (Å²) in [5.41, 5.74) is 4.08. The summed E-state index contributed by atoms with van der Waals surface area (Å²) in [5, 5.41) is 8.89. The molecule has 5 heteroatoms. The predicted octanol–water partition coefficient (Wildman–Crippen LogP) is 3.50. The Morgan fingerprint density at radius 1 is 1.23 bits per heavy atom. The van der Waals surface area contributed by atoms with E-state index in [0.717, 1.165) is 30.0 Å². The molecule has 0 unspecified atom stereocenters. The Labute approximate surface area is 132 Å². The van der Waals surface area contributed by atoms with Crippen molar-refractivity contribution in [2.75, 3.05) is 18.4 Å². The molecule has 0 saturated carbocycles. The van der Waals surface area contributed by atoms with Crippen molar-refractivity contribution >= 4 is 27.9 Å². The SMILES string of the molecule is C=C(Nc1cc2cc(-c3cncs3)ccc2cn1)C1CNC1. The summed E-state index contributed by atoms with van der Waals surface area (Å²) in [4.78, 5) is 9.80. The first-order valence-corrected chi connectivity index (χ1v) is 8.13. The maximum absolute atomic E-state index is 4.48. The smallest absolute Gasteiger partial charge is 0.130 e. The molecule has 2 aromatic heterocycles. The molecule has 3 heterocycles. The first-order chi connectivity index (χ1) is 10.8. The van der Waals surface area contributed by atoms with Crippen LogP contribution in [0.5, 0.6) is 0 Å². The molecule has 1 aromatic carbocycles. The van der Waals surface area contributed by atoms with Crippen LogP contribution in [-0.4, -0.2) is 23.1 Å². The highest BCUT2D eigenvalue weighted by Gasteiger charge is 2.20. The molecule has 1 saturated heterocycles. The van der Waals surface area contributed by atoms with E-state index < -0.39 is 0 Å². The number of thiazole rings is 1. The van der Waals surface area contributed by atoms with Gasteiger partial charge in [-0.3, -0.25) is 4.98 Å². The maximum atomic E-state index is 4.48. The number of hydrogen-bond acceptors (Lipinski definition) is 5.